The number of likely N-dealkylation sites (tertiary alicyclic amines) is 1. The van der Waals surface area contributed by atoms with E-state index in [-0.39, 0.29) is 24.2 Å². The van der Waals surface area contributed by atoms with Gasteiger partial charge in [0.05, 0.1) is 17.1 Å². The van der Waals surface area contributed by atoms with E-state index in [1.807, 2.05) is 43.9 Å². The van der Waals surface area contributed by atoms with Crippen molar-refractivity contribution in [3.63, 3.8) is 0 Å². The van der Waals surface area contributed by atoms with E-state index in [0.29, 0.717) is 6.54 Å². The number of carbonyl (C=O) groups is 1. The number of amides is 1. The molecule has 1 amide bonds. The molecule has 0 radical (unpaired) electrons. The van der Waals surface area contributed by atoms with Gasteiger partial charge in [-0.25, -0.2) is 4.79 Å². The Morgan fingerprint density at radius 2 is 2.00 bits per heavy atom. The number of benzene rings is 1. The topological polar surface area (TPSA) is 50.8 Å². The molecular weight excluding hydrogens is 372 g/mol. The smallest absolute Gasteiger partial charge is 0.410 e. The summed E-state index contributed by atoms with van der Waals surface area (Å²) in [5.74, 6) is 0.00353. The minimum absolute atomic E-state index is 0.00353. The summed E-state index contributed by atoms with van der Waals surface area (Å²) in [6.07, 6.45) is 2.33. The Hall–Kier alpha value is -1.66. The van der Waals surface area contributed by atoms with Crippen LogP contribution in [0, 0.1) is 5.92 Å². The van der Waals surface area contributed by atoms with Gasteiger partial charge in [-0.15, -0.1) is 0 Å². The van der Waals surface area contributed by atoms with Gasteiger partial charge < -0.3 is 19.7 Å². The second-order valence-corrected chi connectivity index (χ2v) is 8.84. The largest absolute Gasteiger partial charge is 0.444 e. The Bertz CT molecular complexity index is 645. The molecule has 0 unspecified atom stereocenters. The molecular formula is C22H34N2O3S. The van der Waals surface area contributed by atoms with Crippen LogP contribution in [0.2, 0.25) is 0 Å². The first-order chi connectivity index (χ1) is 13.2. The van der Waals surface area contributed by atoms with Crippen molar-refractivity contribution < 1.29 is 14.3 Å². The molecule has 0 aliphatic carbocycles. The minimum atomic E-state index is -0.507. The fourth-order valence-corrected chi connectivity index (χ4v) is 3.90. The molecule has 28 heavy (non-hydrogen) atoms. The zero-order valence-corrected chi connectivity index (χ0v) is 18.6. The number of ether oxygens (including phenoxy) is 2. The van der Waals surface area contributed by atoms with Crippen LogP contribution in [0.5, 0.6) is 0 Å². The fourth-order valence-electron chi connectivity index (χ4n) is 3.66. The molecule has 0 spiro atoms. The van der Waals surface area contributed by atoms with Crippen molar-refractivity contribution in [2.45, 2.75) is 64.7 Å². The number of hydrogen-bond acceptors (Lipinski definition) is 4. The van der Waals surface area contributed by atoms with E-state index in [9.17, 15) is 4.79 Å². The highest BCUT2D eigenvalue weighted by atomic mass is 32.1. The number of thiocarbonyl (C=S) groups is 1. The van der Waals surface area contributed by atoms with Crippen molar-refractivity contribution in [2.24, 2.45) is 5.92 Å². The maximum atomic E-state index is 12.6. The predicted molar refractivity (Wildman–Crippen MR) is 117 cm³/mol. The van der Waals surface area contributed by atoms with Gasteiger partial charge in [0.1, 0.15) is 5.60 Å². The highest BCUT2D eigenvalue weighted by Crippen LogP contribution is 2.28. The standard InChI is InChI=1S/C22H34N2O3S/c1-16(20(28)23-14-13-17-10-7-6-8-11-17)19(26-5)18-12-9-15-24(18)21(25)27-22(2,3)4/h6-8,10-11,16,18-19H,9,12-15H2,1-5H3,(H,23,28)/t16-,18+,19-/m1/s1. The summed E-state index contributed by atoms with van der Waals surface area (Å²) in [7, 11) is 1.69. The van der Waals surface area contributed by atoms with E-state index >= 15 is 0 Å². The third-order valence-electron chi connectivity index (χ3n) is 5.04. The molecule has 2 rings (SSSR count). The summed E-state index contributed by atoms with van der Waals surface area (Å²) in [5, 5.41) is 3.37. The van der Waals surface area contributed by atoms with E-state index in [0.717, 1.165) is 30.8 Å². The van der Waals surface area contributed by atoms with E-state index in [2.05, 4.69) is 24.4 Å². The first-order valence-corrected chi connectivity index (χ1v) is 10.5. The highest BCUT2D eigenvalue weighted by molar-refractivity contribution is 7.80. The minimum Gasteiger partial charge on any atom is -0.444 e. The zero-order chi connectivity index (χ0) is 20.7. The third-order valence-corrected chi connectivity index (χ3v) is 5.56. The molecule has 1 aliphatic heterocycles. The van der Waals surface area contributed by atoms with Crippen molar-refractivity contribution >= 4 is 23.3 Å². The Morgan fingerprint density at radius 3 is 2.61 bits per heavy atom. The van der Waals surface area contributed by atoms with Crippen LogP contribution < -0.4 is 5.32 Å². The van der Waals surface area contributed by atoms with Crippen molar-refractivity contribution in [3.05, 3.63) is 35.9 Å². The van der Waals surface area contributed by atoms with E-state index in [4.69, 9.17) is 21.7 Å². The molecule has 3 atom stereocenters. The van der Waals surface area contributed by atoms with Crippen molar-refractivity contribution in [3.8, 4) is 0 Å². The third kappa shape index (κ3) is 6.45. The number of nitrogens with one attached hydrogen (secondary N) is 1. The van der Waals surface area contributed by atoms with Crippen LogP contribution in [0.25, 0.3) is 0 Å². The van der Waals surface area contributed by atoms with Crippen LogP contribution in [0.15, 0.2) is 30.3 Å². The van der Waals surface area contributed by atoms with E-state index in [1.165, 1.54) is 5.56 Å². The molecule has 1 N–H and O–H groups in total. The first-order valence-electron chi connectivity index (χ1n) is 10.1. The predicted octanol–water partition coefficient (Wildman–Crippen LogP) is 4.20. The van der Waals surface area contributed by atoms with Crippen LogP contribution in [-0.2, 0) is 15.9 Å². The Labute approximate surface area is 174 Å². The summed E-state index contributed by atoms with van der Waals surface area (Å²) in [6, 6.07) is 10.3. The SMILES string of the molecule is CO[C@H]([C@@H](C)C(=S)NCCc1ccccc1)[C@@H]1CCCN1C(=O)OC(C)(C)C. The highest BCUT2D eigenvalue weighted by Gasteiger charge is 2.40. The molecule has 156 valence electrons. The van der Waals surface area contributed by atoms with Gasteiger partial charge in [-0.2, -0.15) is 0 Å². The van der Waals surface area contributed by atoms with Gasteiger partial charge in [-0.05, 0) is 45.6 Å². The molecule has 1 aromatic rings. The molecule has 1 aliphatic rings. The van der Waals surface area contributed by atoms with Gasteiger partial charge in [-0.3, -0.25) is 0 Å². The number of carbonyl (C=O) groups excluding carboxylic acids is 1. The average molecular weight is 407 g/mol. The molecule has 0 bridgehead atoms. The number of methoxy groups -OCH3 is 1. The van der Waals surface area contributed by atoms with Gasteiger partial charge in [0.2, 0.25) is 0 Å². The van der Waals surface area contributed by atoms with Crippen molar-refractivity contribution in [1.29, 1.82) is 0 Å². The van der Waals surface area contributed by atoms with Gasteiger partial charge in [0, 0.05) is 26.1 Å². The molecule has 6 heteroatoms. The maximum Gasteiger partial charge on any atom is 0.410 e. The Balaban J connectivity index is 1.94. The zero-order valence-electron chi connectivity index (χ0n) is 17.7. The lowest BCUT2D eigenvalue weighted by molar-refractivity contribution is -0.0131. The number of nitrogens with zero attached hydrogens (tertiary/aromatic N) is 1. The monoisotopic (exact) mass is 406 g/mol. The molecule has 1 saturated heterocycles. The lowest BCUT2D eigenvalue weighted by Crippen LogP contribution is -2.50. The number of rotatable bonds is 7. The molecule has 1 aromatic carbocycles. The molecule has 5 nitrogen and oxygen atoms in total. The van der Waals surface area contributed by atoms with Gasteiger partial charge in [-0.1, -0.05) is 49.5 Å². The summed E-state index contributed by atoms with van der Waals surface area (Å²) < 4.78 is 11.4. The van der Waals surface area contributed by atoms with Crippen LogP contribution >= 0.6 is 12.2 Å². The molecule has 0 saturated carbocycles. The lowest BCUT2D eigenvalue weighted by Gasteiger charge is -2.35. The maximum absolute atomic E-state index is 12.6. The van der Waals surface area contributed by atoms with Gasteiger partial charge in [0.25, 0.3) is 0 Å². The quantitative estimate of drug-likeness (QED) is 0.688. The Morgan fingerprint density at radius 1 is 1.32 bits per heavy atom. The van der Waals surface area contributed by atoms with E-state index < -0.39 is 5.60 Å². The first kappa shape index (κ1) is 22.6. The normalized spacial score (nSPS) is 19.2. The second kappa shape index (κ2) is 10.2. The molecule has 1 fully saturated rings. The Kier molecular flexibility index (Phi) is 8.25. The van der Waals surface area contributed by atoms with Crippen LogP contribution in [0.4, 0.5) is 4.79 Å². The summed E-state index contributed by atoms with van der Waals surface area (Å²) in [5.41, 5.74) is 0.771. The number of hydrogen-bond donors (Lipinski definition) is 1. The summed E-state index contributed by atoms with van der Waals surface area (Å²) in [6.45, 7) is 9.20. The fraction of sp³-hybridized carbons (Fsp3) is 0.636. The van der Waals surface area contributed by atoms with Crippen LogP contribution in [-0.4, -0.2) is 53.9 Å². The molecule has 0 aromatic heterocycles. The summed E-state index contributed by atoms with van der Waals surface area (Å²) >= 11 is 5.64. The average Bonchev–Trinajstić information content (AvgIpc) is 3.11. The van der Waals surface area contributed by atoms with E-state index in [1.54, 1.807) is 7.11 Å². The van der Waals surface area contributed by atoms with Crippen LogP contribution in [0.3, 0.4) is 0 Å². The van der Waals surface area contributed by atoms with Gasteiger partial charge >= 0.3 is 6.09 Å². The summed E-state index contributed by atoms with van der Waals surface area (Å²) in [4.78, 5) is 15.2. The second-order valence-electron chi connectivity index (χ2n) is 8.40. The van der Waals surface area contributed by atoms with Crippen LogP contribution in [0.1, 0.15) is 46.1 Å². The lowest BCUT2D eigenvalue weighted by atomic mass is 9.95. The van der Waals surface area contributed by atoms with Gasteiger partial charge in [0.15, 0.2) is 0 Å². The van der Waals surface area contributed by atoms with Crippen molar-refractivity contribution in [2.75, 3.05) is 20.2 Å². The molecule has 1 heterocycles. The van der Waals surface area contributed by atoms with Crippen molar-refractivity contribution in [1.82, 2.24) is 10.2 Å².